The highest BCUT2D eigenvalue weighted by Crippen LogP contribution is 2.57. The predicted molar refractivity (Wildman–Crippen MR) is 77.4 cm³/mol. The molecule has 1 N–H and O–H groups in total. The summed E-state index contributed by atoms with van der Waals surface area (Å²) in [5.41, 5.74) is 1.57. The Hall–Kier alpha value is -1.68. The summed E-state index contributed by atoms with van der Waals surface area (Å²) in [4.78, 5) is 4.56. The minimum Gasteiger partial charge on any atom is -0.339 e. The van der Waals surface area contributed by atoms with E-state index in [1.807, 2.05) is 25.2 Å². The fourth-order valence-corrected chi connectivity index (χ4v) is 2.65. The van der Waals surface area contributed by atoms with Gasteiger partial charge in [-0.25, -0.2) is 0 Å². The summed E-state index contributed by atoms with van der Waals surface area (Å²) >= 11 is 0. The van der Waals surface area contributed by atoms with Crippen molar-refractivity contribution in [3.8, 4) is 0 Å². The van der Waals surface area contributed by atoms with Crippen molar-refractivity contribution in [2.24, 2.45) is 5.41 Å². The second kappa shape index (κ2) is 5.02. The van der Waals surface area contributed by atoms with E-state index >= 15 is 0 Å². The van der Waals surface area contributed by atoms with E-state index in [0.717, 1.165) is 18.7 Å². The van der Waals surface area contributed by atoms with Crippen LogP contribution in [-0.4, -0.2) is 17.2 Å². The first-order valence-corrected chi connectivity index (χ1v) is 7.15. The van der Waals surface area contributed by atoms with Gasteiger partial charge >= 0.3 is 0 Å². The summed E-state index contributed by atoms with van der Waals surface area (Å²) in [5.74, 6) is 2.04. The molecule has 1 aromatic heterocycles. The summed E-state index contributed by atoms with van der Waals surface area (Å²) < 4.78 is 5.41. The Morgan fingerprint density at radius 2 is 2.05 bits per heavy atom. The summed E-state index contributed by atoms with van der Waals surface area (Å²) in [6.07, 6.45) is 1.88. The van der Waals surface area contributed by atoms with Gasteiger partial charge in [-0.05, 0) is 24.4 Å². The maximum atomic E-state index is 5.41. The van der Waals surface area contributed by atoms with Gasteiger partial charge in [0.05, 0.1) is 0 Å². The number of nitrogens with one attached hydrogen (secondary N) is 1. The van der Waals surface area contributed by atoms with Gasteiger partial charge < -0.3 is 9.84 Å². The number of hydrogen-bond acceptors (Lipinski definition) is 4. The van der Waals surface area contributed by atoms with Crippen LogP contribution in [0.5, 0.6) is 0 Å². The van der Waals surface area contributed by atoms with Crippen LogP contribution < -0.4 is 5.32 Å². The van der Waals surface area contributed by atoms with Crippen molar-refractivity contribution in [1.29, 1.82) is 0 Å². The second-order valence-electron chi connectivity index (χ2n) is 6.25. The molecule has 1 fully saturated rings. The zero-order valence-electron chi connectivity index (χ0n) is 12.3. The van der Waals surface area contributed by atoms with E-state index in [9.17, 15) is 0 Å². The van der Waals surface area contributed by atoms with Crippen LogP contribution in [0.3, 0.4) is 0 Å². The SMILES string of the molecule is CNC(Cc1nc(C2CC2(C)C)no1)c1ccccc1. The molecule has 1 aliphatic rings. The minimum atomic E-state index is 0.205. The van der Waals surface area contributed by atoms with E-state index in [1.54, 1.807) is 0 Å². The van der Waals surface area contributed by atoms with Crippen LogP contribution in [-0.2, 0) is 6.42 Å². The topological polar surface area (TPSA) is 51.0 Å². The van der Waals surface area contributed by atoms with Crippen LogP contribution in [0.1, 0.15) is 49.5 Å². The Balaban J connectivity index is 1.71. The monoisotopic (exact) mass is 271 g/mol. The molecule has 1 aromatic carbocycles. The van der Waals surface area contributed by atoms with Gasteiger partial charge in [-0.3, -0.25) is 0 Å². The van der Waals surface area contributed by atoms with Crippen LogP contribution >= 0.6 is 0 Å². The number of rotatable bonds is 5. The first kappa shape index (κ1) is 13.3. The molecule has 1 saturated carbocycles. The average Bonchev–Trinajstić information content (AvgIpc) is 2.88. The van der Waals surface area contributed by atoms with Crippen molar-refractivity contribution < 1.29 is 4.52 Å². The van der Waals surface area contributed by atoms with Gasteiger partial charge in [0.25, 0.3) is 0 Å². The third-order valence-corrected chi connectivity index (χ3v) is 4.24. The Labute approximate surface area is 119 Å². The second-order valence-corrected chi connectivity index (χ2v) is 6.25. The molecule has 20 heavy (non-hydrogen) atoms. The van der Waals surface area contributed by atoms with Crippen LogP contribution in [0.25, 0.3) is 0 Å². The lowest BCUT2D eigenvalue weighted by Crippen LogP contribution is -2.18. The fraction of sp³-hybridized carbons (Fsp3) is 0.500. The van der Waals surface area contributed by atoms with Gasteiger partial charge in [0.15, 0.2) is 5.82 Å². The normalized spacial score (nSPS) is 21.6. The van der Waals surface area contributed by atoms with Crippen molar-refractivity contribution in [1.82, 2.24) is 15.5 Å². The van der Waals surface area contributed by atoms with E-state index in [-0.39, 0.29) is 6.04 Å². The van der Waals surface area contributed by atoms with E-state index in [0.29, 0.717) is 17.2 Å². The van der Waals surface area contributed by atoms with Crippen molar-refractivity contribution in [3.63, 3.8) is 0 Å². The largest absolute Gasteiger partial charge is 0.339 e. The molecule has 0 saturated heterocycles. The summed E-state index contributed by atoms with van der Waals surface area (Å²) in [6, 6.07) is 10.6. The van der Waals surface area contributed by atoms with Gasteiger partial charge in [-0.15, -0.1) is 0 Å². The quantitative estimate of drug-likeness (QED) is 0.908. The van der Waals surface area contributed by atoms with Crippen molar-refractivity contribution in [3.05, 3.63) is 47.6 Å². The van der Waals surface area contributed by atoms with E-state index in [2.05, 4.69) is 41.4 Å². The molecule has 4 nitrogen and oxygen atoms in total. The van der Waals surface area contributed by atoms with Gasteiger partial charge in [0.1, 0.15) is 0 Å². The number of nitrogens with zero attached hydrogens (tertiary/aromatic N) is 2. The number of likely N-dealkylation sites (N-methyl/N-ethyl adjacent to an activating group) is 1. The number of hydrogen-bond donors (Lipinski definition) is 1. The lowest BCUT2D eigenvalue weighted by atomic mass is 10.0. The average molecular weight is 271 g/mol. The molecule has 0 spiro atoms. The van der Waals surface area contributed by atoms with Gasteiger partial charge in [0, 0.05) is 18.4 Å². The number of benzene rings is 1. The molecule has 0 aliphatic heterocycles. The Morgan fingerprint density at radius 3 is 2.65 bits per heavy atom. The lowest BCUT2D eigenvalue weighted by Gasteiger charge is -2.13. The zero-order chi connectivity index (χ0) is 14.2. The molecule has 1 aliphatic carbocycles. The molecule has 0 bridgehead atoms. The molecule has 4 heteroatoms. The third-order valence-electron chi connectivity index (χ3n) is 4.24. The minimum absolute atomic E-state index is 0.205. The highest BCUT2D eigenvalue weighted by Gasteiger charge is 2.49. The first-order chi connectivity index (χ1) is 9.60. The molecule has 0 amide bonds. The zero-order valence-corrected chi connectivity index (χ0v) is 12.3. The highest BCUT2D eigenvalue weighted by atomic mass is 16.5. The Morgan fingerprint density at radius 1 is 1.35 bits per heavy atom. The maximum absolute atomic E-state index is 5.41. The highest BCUT2D eigenvalue weighted by molar-refractivity contribution is 5.20. The molecular formula is C16H21N3O. The molecule has 2 unspecified atom stereocenters. The van der Waals surface area contributed by atoms with Crippen molar-refractivity contribution in [2.75, 3.05) is 7.05 Å². The molecule has 2 aromatic rings. The maximum Gasteiger partial charge on any atom is 0.228 e. The van der Waals surface area contributed by atoms with Crippen molar-refractivity contribution >= 4 is 0 Å². The first-order valence-electron chi connectivity index (χ1n) is 7.15. The third kappa shape index (κ3) is 2.61. The summed E-state index contributed by atoms with van der Waals surface area (Å²) in [6.45, 7) is 4.49. The molecule has 2 atom stereocenters. The van der Waals surface area contributed by atoms with Crippen molar-refractivity contribution in [2.45, 2.75) is 38.6 Å². The molecular weight excluding hydrogens is 250 g/mol. The van der Waals surface area contributed by atoms with Gasteiger partial charge in [-0.2, -0.15) is 4.98 Å². The van der Waals surface area contributed by atoms with Crippen LogP contribution in [0, 0.1) is 5.41 Å². The van der Waals surface area contributed by atoms with Crippen LogP contribution in [0.15, 0.2) is 34.9 Å². The fourth-order valence-electron chi connectivity index (χ4n) is 2.65. The van der Waals surface area contributed by atoms with Gasteiger partial charge in [0.2, 0.25) is 5.89 Å². The van der Waals surface area contributed by atoms with E-state index in [1.165, 1.54) is 5.56 Å². The Kier molecular flexibility index (Phi) is 3.34. The summed E-state index contributed by atoms with van der Waals surface area (Å²) in [5, 5.41) is 7.45. The molecule has 106 valence electrons. The molecule has 3 rings (SSSR count). The van der Waals surface area contributed by atoms with Gasteiger partial charge in [-0.1, -0.05) is 49.3 Å². The van der Waals surface area contributed by atoms with E-state index < -0.39 is 0 Å². The Bertz CT molecular complexity index is 576. The molecule has 1 heterocycles. The standard InChI is InChI=1S/C16H21N3O/c1-16(2)10-12(16)15-18-14(20-19-15)9-13(17-3)11-7-5-4-6-8-11/h4-8,12-13,17H,9-10H2,1-3H3. The predicted octanol–water partition coefficient (Wildman–Crippen LogP) is 3.09. The lowest BCUT2D eigenvalue weighted by molar-refractivity contribution is 0.357. The van der Waals surface area contributed by atoms with Crippen LogP contribution in [0.2, 0.25) is 0 Å². The smallest absolute Gasteiger partial charge is 0.228 e. The molecule has 0 radical (unpaired) electrons. The van der Waals surface area contributed by atoms with Crippen LogP contribution in [0.4, 0.5) is 0 Å². The summed E-state index contributed by atoms with van der Waals surface area (Å²) in [7, 11) is 1.96. The number of aromatic nitrogens is 2. The van der Waals surface area contributed by atoms with E-state index in [4.69, 9.17) is 4.52 Å².